The Balaban J connectivity index is 0.000000631. The Hall–Kier alpha value is -3.62. The minimum absolute atomic E-state index is 0.0703. The molecule has 0 atom stereocenters. The van der Waals surface area contributed by atoms with Crippen molar-refractivity contribution in [3.05, 3.63) is 83.6 Å². The Kier molecular flexibility index (Phi) is 9.25. The number of aryl methyl sites for hydroxylation is 1. The number of primary amides is 1. The first kappa shape index (κ1) is 29.9. The number of anilines is 1. The summed E-state index contributed by atoms with van der Waals surface area (Å²) in [5.74, 6) is -0.578. The molecule has 8 heteroatoms. The smallest absolute Gasteiger partial charge is 0.265 e. The fraction of sp³-hybridized carbons (Fsp3) is 0.323. The SMILES string of the molecule is CCCN(C)C.Cc1ccccc1-c1c(C(N)=O)[nH]c2ccc(NS(=O)(=O)c3ccc(C(C)(C)C)cc3)cc12. The van der Waals surface area contributed by atoms with E-state index in [-0.39, 0.29) is 16.0 Å². The normalized spacial score (nSPS) is 11.8. The van der Waals surface area contributed by atoms with E-state index in [2.05, 4.69) is 56.4 Å². The van der Waals surface area contributed by atoms with Crippen LogP contribution >= 0.6 is 0 Å². The molecule has 208 valence electrons. The van der Waals surface area contributed by atoms with Crippen molar-refractivity contribution in [2.24, 2.45) is 5.73 Å². The van der Waals surface area contributed by atoms with Gasteiger partial charge >= 0.3 is 0 Å². The fourth-order valence-corrected chi connectivity index (χ4v) is 5.42. The van der Waals surface area contributed by atoms with E-state index in [1.165, 1.54) is 13.0 Å². The van der Waals surface area contributed by atoms with Gasteiger partial charge in [-0.1, -0.05) is 64.1 Å². The Labute approximate surface area is 232 Å². The zero-order valence-corrected chi connectivity index (χ0v) is 24.7. The molecule has 1 heterocycles. The number of sulfonamides is 1. The maximum atomic E-state index is 13.0. The lowest BCUT2D eigenvalue weighted by molar-refractivity contribution is 0.0997. The first-order valence-corrected chi connectivity index (χ1v) is 14.5. The summed E-state index contributed by atoms with van der Waals surface area (Å²) in [6, 6.07) is 19.7. The van der Waals surface area contributed by atoms with Gasteiger partial charge < -0.3 is 15.6 Å². The zero-order chi connectivity index (χ0) is 29.0. The van der Waals surface area contributed by atoms with Crippen molar-refractivity contribution < 1.29 is 13.2 Å². The third kappa shape index (κ3) is 7.28. The highest BCUT2D eigenvalue weighted by Gasteiger charge is 2.21. The summed E-state index contributed by atoms with van der Waals surface area (Å²) >= 11 is 0. The number of amides is 1. The Morgan fingerprint density at radius 3 is 2.15 bits per heavy atom. The number of nitrogens with one attached hydrogen (secondary N) is 2. The standard InChI is InChI=1S/C26H27N3O3S.C5H13N/c1-16-7-5-6-8-20(16)23-21-15-18(11-14-22(21)28-24(23)25(27)30)29-33(31,32)19-12-9-17(10-13-19)26(2,3)4;1-4-5-6(2)3/h5-15,28-29H,1-4H3,(H2,27,30);4-5H2,1-3H3. The Morgan fingerprint density at radius 1 is 1.00 bits per heavy atom. The highest BCUT2D eigenvalue weighted by Crippen LogP contribution is 2.36. The molecule has 0 bridgehead atoms. The molecule has 0 aliphatic carbocycles. The number of carbonyl (C=O) groups is 1. The second-order valence-electron chi connectivity index (χ2n) is 11.0. The van der Waals surface area contributed by atoms with E-state index >= 15 is 0 Å². The lowest BCUT2D eigenvalue weighted by Crippen LogP contribution is -2.14. The third-order valence-electron chi connectivity index (χ3n) is 6.41. The molecule has 0 saturated heterocycles. The number of fused-ring (bicyclic) bond motifs is 1. The summed E-state index contributed by atoms with van der Waals surface area (Å²) in [5, 5.41) is 0.710. The minimum atomic E-state index is -3.79. The van der Waals surface area contributed by atoms with Gasteiger partial charge in [0.05, 0.1) is 4.90 Å². The molecular formula is C31H40N4O3S. The number of aromatic nitrogens is 1. The topological polar surface area (TPSA) is 108 Å². The van der Waals surface area contributed by atoms with Gasteiger partial charge in [0.25, 0.3) is 15.9 Å². The number of nitrogens with two attached hydrogens (primary N) is 1. The van der Waals surface area contributed by atoms with Gasteiger partial charge in [-0.3, -0.25) is 9.52 Å². The van der Waals surface area contributed by atoms with Crippen molar-refractivity contribution in [2.45, 2.75) is 51.3 Å². The number of rotatable bonds is 7. The second kappa shape index (κ2) is 12.1. The number of benzene rings is 3. The van der Waals surface area contributed by atoms with Gasteiger partial charge in [-0.15, -0.1) is 0 Å². The summed E-state index contributed by atoms with van der Waals surface area (Å²) < 4.78 is 28.7. The van der Waals surface area contributed by atoms with E-state index in [0.29, 0.717) is 22.2 Å². The summed E-state index contributed by atoms with van der Waals surface area (Å²) in [4.78, 5) is 17.6. The van der Waals surface area contributed by atoms with Gasteiger partial charge in [-0.05, 0) is 86.4 Å². The molecule has 4 rings (SSSR count). The van der Waals surface area contributed by atoms with Crippen LogP contribution in [0.4, 0.5) is 5.69 Å². The van der Waals surface area contributed by atoms with Gasteiger partial charge in [0.1, 0.15) is 5.69 Å². The van der Waals surface area contributed by atoms with Crippen molar-refractivity contribution in [3.8, 4) is 11.1 Å². The molecule has 0 fully saturated rings. The van der Waals surface area contributed by atoms with Crippen molar-refractivity contribution in [2.75, 3.05) is 25.4 Å². The lowest BCUT2D eigenvalue weighted by atomic mass is 9.87. The van der Waals surface area contributed by atoms with Crippen LogP contribution in [0.3, 0.4) is 0 Å². The molecule has 1 aromatic heterocycles. The van der Waals surface area contributed by atoms with Crippen molar-refractivity contribution in [3.63, 3.8) is 0 Å². The summed E-state index contributed by atoms with van der Waals surface area (Å²) in [6.45, 7) is 11.6. The molecule has 1 amide bonds. The predicted molar refractivity (Wildman–Crippen MR) is 162 cm³/mol. The molecule has 39 heavy (non-hydrogen) atoms. The van der Waals surface area contributed by atoms with Crippen LogP contribution in [0.15, 0.2) is 71.6 Å². The van der Waals surface area contributed by atoms with Gasteiger partial charge in [0.2, 0.25) is 0 Å². The van der Waals surface area contributed by atoms with E-state index in [4.69, 9.17) is 5.73 Å². The molecule has 0 unspecified atom stereocenters. The van der Waals surface area contributed by atoms with E-state index in [0.717, 1.165) is 16.7 Å². The van der Waals surface area contributed by atoms with Crippen LogP contribution in [0, 0.1) is 6.92 Å². The number of carbonyl (C=O) groups excluding carboxylic acids is 1. The fourth-order valence-electron chi connectivity index (χ4n) is 4.37. The summed E-state index contributed by atoms with van der Waals surface area (Å²) in [6.07, 6.45) is 1.26. The second-order valence-corrected chi connectivity index (χ2v) is 12.7. The quantitative estimate of drug-likeness (QED) is 0.252. The summed E-state index contributed by atoms with van der Waals surface area (Å²) in [7, 11) is 0.382. The monoisotopic (exact) mass is 548 g/mol. The van der Waals surface area contributed by atoms with E-state index in [1.54, 1.807) is 30.3 Å². The van der Waals surface area contributed by atoms with Crippen LogP contribution in [-0.2, 0) is 15.4 Å². The minimum Gasteiger partial charge on any atom is -0.364 e. The van der Waals surface area contributed by atoms with Gasteiger partial charge in [-0.25, -0.2) is 8.42 Å². The molecular weight excluding hydrogens is 508 g/mol. The van der Waals surface area contributed by atoms with Crippen LogP contribution < -0.4 is 10.5 Å². The largest absolute Gasteiger partial charge is 0.364 e. The van der Waals surface area contributed by atoms with Crippen LogP contribution in [-0.4, -0.2) is 44.8 Å². The molecule has 0 saturated carbocycles. The molecule has 0 spiro atoms. The molecule has 0 radical (unpaired) electrons. The van der Waals surface area contributed by atoms with Gasteiger partial charge in [-0.2, -0.15) is 0 Å². The third-order valence-corrected chi connectivity index (χ3v) is 7.81. The first-order chi connectivity index (χ1) is 18.2. The van der Waals surface area contributed by atoms with Crippen molar-refractivity contribution in [1.29, 1.82) is 0 Å². The van der Waals surface area contributed by atoms with Crippen molar-refractivity contribution >= 4 is 32.5 Å². The van der Waals surface area contributed by atoms with E-state index in [9.17, 15) is 13.2 Å². The predicted octanol–water partition coefficient (Wildman–Crippen LogP) is 6.30. The number of aromatic amines is 1. The van der Waals surface area contributed by atoms with Crippen LogP contribution in [0.1, 0.15) is 55.7 Å². The number of H-pyrrole nitrogens is 1. The number of hydrogen-bond donors (Lipinski definition) is 3. The van der Waals surface area contributed by atoms with Crippen molar-refractivity contribution in [1.82, 2.24) is 9.88 Å². The average Bonchev–Trinajstić information content (AvgIpc) is 3.23. The van der Waals surface area contributed by atoms with Gasteiger partial charge in [0, 0.05) is 22.2 Å². The number of nitrogens with zero attached hydrogens (tertiary/aromatic N) is 1. The highest BCUT2D eigenvalue weighted by atomic mass is 32.2. The maximum absolute atomic E-state index is 13.0. The molecule has 4 aromatic rings. The Morgan fingerprint density at radius 2 is 1.64 bits per heavy atom. The molecule has 7 nitrogen and oxygen atoms in total. The van der Waals surface area contributed by atoms with Crippen LogP contribution in [0.5, 0.6) is 0 Å². The van der Waals surface area contributed by atoms with Crippen LogP contribution in [0.2, 0.25) is 0 Å². The van der Waals surface area contributed by atoms with E-state index < -0.39 is 15.9 Å². The van der Waals surface area contributed by atoms with E-state index in [1.807, 2.05) is 43.3 Å². The molecule has 4 N–H and O–H groups in total. The zero-order valence-electron chi connectivity index (χ0n) is 23.9. The molecule has 3 aromatic carbocycles. The average molecular weight is 549 g/mol. The molecule has 0 aliphatic rings. The number of hydrogen-bond acceptors (Lipinski definition) is 4. The first-order valence-electron chi connectivity index (χ1n) is 13.0. The Bertz CT molecular complexity index is 1550. The molecule has 0 aliphatic heterocycles. The van der Waals surface area contributed by atoms with Crippen LogP contribution in [0.25, 0.3) is 22.0 Å². The lowest BCUT2D eigenvalue weighted by Gasteiger charge is -2.19. The summed E-state index contributed by atoms with van der Waals surface area (Å²) in [5.41, 5.74) is 10.5. The highest BCUT2D eigenvalue weighted by molar-refractivity contribution is 7.92. The maximum Gasteiger partial charge on any atom is 0.265 e. The van der Waals surface area contributed by atoms with Gasteiger partial charge in [0.15, 0.2) is 0 Å².